The quantitative estimate of drug-likeness (QED) is 0.135. The van der Waals surface area contributed by atoms with Gasteiger partial charge >= 0.3 is 0 Å². The average Bonchev–Trinajstić information content (AvgIpc) is 4.11. The van der Waals surface area contributed by atoms with Crippen molar-refractivity contribution in [1.82, 2.24) is 47.7 Å². The minimum absolute atomic E-state index is 0.204. The van der Waals surface area contributed by atoms with Crippen molar-refractivity contribution in [2.45, 2.75) is 85.8 Å². The van der Waals surface area contributed by atoms with Gasteiger partial charge in [-0.1, -0.05) is 0 Å². The Kier molecular flexibility index (Phi) is 12.9. The van der Waals surface area contributed by atoms with E-state index in [4.69, 9.17) is 21.9 Å². The molecule has 0 spiro atoms. The number of nitrogens with two attached hydrogens (primary N) is 3. The molecule has 22 heteroatoms. The van der Waals surface area contributed by atoms with Crippen LogP contribution in [0.2, 0.25) is 0 Å². The van der Waals surface area contributed by atoms with Crippen LogP contribution < -0.4 is 28.4 Å². The highest BCUT2D eigenvalue weighted by Gasteiger charge is 2.26. The predicted octanol–water partition coefficient (Wildman–Crippen LogP) is 2.49. The fourth-order valence-corrected chi connectivity index (χ4v) is 9.53. The summed E-state index contributed by atoms with van der Waals surface area (Å²) < 4.78 is 17.0. The predicted molar refractivity (Wildman–Crippen MR) is 249 cm³/mol. The van der Waals surface area contributed by atoms with Gasteiger partial charge in [0.15, 0.2) is 5.13 Å². The molecule has 0 radical (unpaired) electrons. The number of carbonyl (C=O) groups is 5. The number of carbonyl (C=O) groups excluding carboxylic acids is 5. The van der Waals surface area contributed by atoms with Gasteiger partial charge in [0.2, 0.25) is 29.0 Å². The second-order valence-corrected chi connectivity index (χ2v) is 17.6. The van der Waals surface area contributed by atoms with Crippen LogP contribution in [0.5, 0.6) is 0 Å². The molecule has 8 rings (SSSR count). The summed E-state index contributed by atoms with van der Waals surface area (Å²) in [5.74, 6) is -2.42. The second-order valence-electron chi connectivity index (χ2n) is 16.5. The third-order valence-electron chi connectivity index (χ3n) is 12.0. The van der Waals surface area contributed by atoms with Gasteiger partial charge in [0.25, 0.3) is 11.8 Å². The molecule has 21 nitrogen and oxygen atoms in total. The Morgan fingerprint density at radius 3 is 1.70 bits per heavy atom. The highest BCUT2D eigenvalue weighted by Crippen LogP contribution is 2.27. The van der Waals surface area contributed by atoms with Crippen LogP contribution in [0.25, 0.3) is 22.1 Å². The van der Waals surface area contributed by atoms with Crippen LogP contribution in [0.3, 0.4) is 0 Å². The van der Waals surface area contributed by atoms with Crippen LogP contribution in [0.1, 0.15) is 90.3 Å². The van der Waals surface area contributed by atoms with Crippen LogP contribution in [-0.2, 0) is 62.8 Å². The number of amides is 5. The van der Waals surface area contributed by atoms with E-state index in [0.717, 1.165) is 10.6 Å². The fourth-order valence-electron chi connectivity index (χ4n) is 8.63. The number of hydrogen-bond donors (Lipinski definition) is 3. The molecule has 6 N–H and O–H groups in total. The molecule has 67 heavy (non-hydrogen) atoms. The van der Waals surface area contributed by atoms with E-state index >= 15 is 0 Å². The number of nitrogens with zero attached hydrogens (tertiary/aromatic N) is 12. The maximum Gasteiger partial charge on any atom is 0.298 e. The van der Waals surface area contributed by atoms with Crippen molar-refractivity contribution in [1.29, 1.82) is 0 Å². The molecule has 0 bridgehead atoms. The van der Waals surface area contributed by atoms with Crippen LogP contribution in [0.15, 0.2) is 58.5 Å². The van der Waals surface area contributed by atoms with E-state index in [0.29, 0.717) is 107 Å². The van der Waals surface area contributed by atoms with Crippen LogP contribution in [0.4, 0.5) is 5.13 Å². The maximum atomic E-state index is 13.9. The van der Waals surface area contributed by atoms with Gasteiger partial charge in [0.05, 0.1) is 51.8 Å². The van der Waals surface area contributed by atoms with Crippen molar-refractivity contribution >= 4 is 68.1 Å². The molecule has 2 aromatic carbocycles. The summed E-state index contributed by atoms with van der Waals surface area (Å²) in [7, 11) is 3.51. The average molecular weight is 932 g/mol. The third-order valence-corrected chi connectivity index (χ3v) is 13.0. The fraction of sp³-hybridized carbons (Fsp3) is 0.378. The number of nitrogen functional groups attached to an aromatic ring is 1. The first-order valence-electron chi connectivity index (χ1n) is 21.9. The van der Waals surface area contributed by atoms with Gasteiger partial charge in [0.1, 0.15) is 18.0 Å². The summed E-state index contributed by atoms with van der Waals surface area (Å²) in [6, 6.07) is 13.5. The number of benzene rings is 2. The minimum atomic E-state index is -0.607. The summed E-state index contributed by atoms with van der Waals surface area (Å²) in [6.07, 6.45) is 0.633. The van der Waals surface area contributed by atoms with Gasteiger partial charge in [-0.2, -0.15) is 20.2 Å². The normalized spacial score (nSPS) is 13.8. The van der Waals surface area contributed by atoms with Crippen molar-refractivity contribution in [2.24, 2.45) is 35.5 Å². The maximum absolute atomic E-state index is 13.9. The molecule has 1 aliphatic heterocycles. The largest absolute Gasteiger partial charge is 0.375 e. The monoisotopic (exact) mass is 931 g/mol. The first kappa shape index (κ1) is 46.1. The molecule has 5 aromatic heterocycles. The Morgan fingerprint density at radius 1 is 0.746 bits per heavy atom. The summed E-state index contributed by atoms with van der Waals surface area (Å²) >= 11 is 1.37. The number of anilines is 1. The van der Waals surface area contributed by atoms with E-state index in [-0.39, 0.29) is 36.7 Å². The number of thiazole rings is 1. The van der Waals surface area contributed by atoms with E-state index in [1.54, 1.807) is 99.9 Å². The van der Waals surface area contributed by atoms with Gasteiger partial charge in [0, 0.05) is 69.2 Å². The first-order valence-corrected chi connectivity index (χ1v) is 22.7. The summed E-state index contributed by atoms with van der Waals surface area (Å²) in [5, 5.41) is 9.33. The molecule has 7 aromatic rings. The molecular formula is C45H53N15O6S. The number of rotatable bonds is 15. The summed E-state index contributed by atoms with van der Waals surface area (Å²) in [5.41, 5.74) is 24.0. The number of aryl methyl sites for hydroxylation is 8. The van der Waals surface area contributed by atoms with Crippen molar-refractivity contribution in [3.63, 3.8) is 0 Å². The number of aromatic nitrogens is 9. The molecule has 5 amide bonds. The molecular weight excluding hydrogens is 879 g/mol. The lowest BCUT2D eigenvalue weighted by Gasteiger charge is -2.27. The number of primary amides is 2. The lowest BCUT2D eigenvalue weighted by atomic mass is 10.1. The molecule has 0 saturated heterocycles. The molecule has 1 aliphatic rings. The zero-order chi connectivity index (χ0) is 47.8. The zero-order valence-electron chi connectivity index (χ0n) is 38.2. The van der Waals surface area contributed by atoms with Crippen molar-refractivity contribution in [3.05, 3.63) is 104 Å². The van der Waals surface area contributed by atoms with Crippen LogP contribution >= 0.6 is 11.3 Å². The van der Waals surface area contributed by atoms with Crippen LogP contribution in [-0.4, -0.2) is 96.5 Å². The summed E-state index contributed by atoms with van der Waals surface area (Å²) in [4.78, 5) is 82.6. The van der Waals surface area contributed by atoms with E-state index in [1.807, 2.05) is 23.0 Å². The van der Waals surface area contributed by atoms with Crippen molar-refractivity contribution in [2.75, 3.05) is 18.9 Å². The Labute approximate surface area is 387 Å². The Morgan fingerprint density at radius 2 is 1.24 bits per heavy atom. The molecule has 0 fully saturated rings. The number of fused-ring (bicyclic) bond motifs is 3. The van der Waals surface area contributed by atoms with E-state index in [9.17, 15) is 24.0 Å². The van der Waals surface area contributed by atoms with Crippen LogP contribution in [0, 0.1) is 13.8 Å². The van der Waals surface area contributed by atoms with Crippen molar-refractivity contribution < 1.29 is 28.7 Å². The second kappa shape index (κ2) is 18.8. The highest BCUT2D eigenvalue weighted by atomic mass is 32.1. The third kappa shape index (κ3) is 9.21. The van der Waals surface area contributed by atoms with Gasteiger partial charge < -0.3 is 45.1 Å². The zero-order valence-corrected chi connectivity index (χ0v) is 39.0. The van der Waals surface area contributed by atoms with E-state index in [1.165, 1.54) is 11.3 Å². The van der Waals surface area contributed by atoms with E-state index in [2.05, 4.69) is 25.2 Å². The van der Waals surface area contributed by atoms with E-state index < -0.39 is 29.7 Å². The topological polar surface area (TPSA) is 269 Å². The number of imidazole rings is 2. The molecule has 350 valence electrons. The molecule has 0 aliphatic carbocycles. The minimum Gasteiger partial charge on any atom is -0.375 e. The standard InChI is InChI=1S/C45H53N15O6S/c1-7-59-35(19-25(3)52-59)41(64)50-44-54(5)33-21-27(39(46)62)9-11-31(33)57(44)17-13-29(66-24-38(61)56-16-15-30-37(23-56)67-43(48)49-30)14-18-58-32-12-10-28(40(47)63)22-34(32)55(6)45(58)51-42(65)36-20-26(4)53-60(36)8-2/h9-12,19-22,29H,7-8,13-18,23-24H2,1-6H3,(H2,46,62)(H2,47,63)(H2,48,49). The molecule has 0 atom stereocenters. The van der Waals surface area contributed by atoms with Gasteiger partial charge in [-0.25, -0.2) is 4.98 Å². The molecule has 6 heterocycles. The Bertz CT molecular complexity index is 3090. The highest BCUT2D eigenvalue weighted by molar-refractivity contribution is 7.15. The Hall–Kier alpha value is -7.46. The first-order chi connectivity index (χ1) is 32.0. The smallest absolute Gasteiger partial charge is 0.298 e. The number of ether oxygens (including phenoxy) is 1. The lowest BCUT2D eigenvalue weighted by molar-refractivity contribution is -0.139. The van der Waals surface area contributed by atoms with Gasteiger partial charge in [-0.05, 0) is 89.1 Å². The molecule has 0 unspecified atom stereocenters. The lowest BCUT2D eigenvalue weighted by Crippen LogP contribution is -2.39. The molecule has 0 saturated carbocycles. The SMILES string of the molecule is CCn1nc(C)cc1C(=O)N=c1n(C)c2cc(C(N)=O)ccc2n1CCC(CCn1c(=NC(=O)c2cc(C)nn2CC)n(C)c2cc(C(N)=O)ccc21)OCC(=O)N1CCc2nc(N)sc2C1. The number of hydrogen-bond acceptors (Lipinski definition) is 11. The Balaban J connectivity index is 1.17. The van der Waals surface area contributed by atoms with Gasteiger partial charge in [-0.15, -0.1) is 11.3 Å². The summed E-state index contributed by atoms with van der Waals surface area (Å²) in [6.45, 7) is 9.44. The van der Waals surface area contributed by atoms with Crippen molar-refractivity contribution in [3.8, 4) is 0 Å². The van der Waals surface area contributed by atoms with Gasteiger partial charge in [-0.3, -0.25) is 33.3 Å².